The molecule has 2 fully saturated rings. The van der Waals surface area contributed by atoms with Gasteiger partial charge in [-0.25, -0.2) is 4.79 Å². The zero-order chi connectivity index (χ0) is 20.5. The maximum absolute atomic E-state index is 12.6. The van der Waals surface area contributed by atoms with Crippen LogP contribution in [0.25, 0.3) is 6.08 Å². The lowest BCUT2D eigenvalue weighted by atomic mass is 9.95. The number of piperidine rings is 1. The van der Waals surface area contributed by atoms with E-state index in [0.29, 0.717) is 30.3 Å². The highest BCUT2D eigenvalue weighted by atomic mass is 16.5. The van der Waals surface area contributed by atoms with Gasteiger partial charge >= 0.3 is 5.97 Å². The minimum Gasteiger partial charge on any atom is -0.462 e. The van der Waals surface area contributed by atoms with Crippen molar-refractivity contribution in [3.05, 3.63) is 65.0 Å². The van der Waals surface area contributed by atoms with Gasteiger partial charge in [-0.1, -0.05) is 42.5 Å². The van der Waals surface area contributed by atoms with Gasteiger partial charge in [0.05, 0.1) is 18.0 Å². The summed E-state index contributed by atoms with van der Waals surface area (Å²) in [4.78, 5) is 19.8. The first-order chi connectivity index (χ1) is 14.7. The lowest BCUT2D eigenvalue weighted by Gasteiger charge is -2.40. The first-order valence-electron chi connectivity index (χ1n) is 11.1. The van der Waals surface area contributed by atoms with Crippen molar-refractivity contribution in [1.29, 1.82) is 0 Å². The van der Waals surface area contributed by atoms with Gasteiger partial charge in [-0.15, -0.1) is 0 Å². The molecule has 156 valence electrons. The van der Waals surface area contributed by atoms with Gasteiger partial charge in [-0.2, -0.15) is 0 Å². The van der Waals surface area contributed by atoms with E-state index in [2.05, 4.69) is 57.7 Å². The molecule has 1 aromatic carbocycles. The van der Waals surface area contributed by atoms with Crippen molar-refractivity contribution in [3.63, 3.8) is 0 Å². The smallest absolute Gasteiger partial charge is 0.341 e. The molecule has 5 heteroatoms. The van der Waals surface area contributed by atoms with E-state index in [9.17, 15) is 4.79 Å². The molecule has 3 heterocycles. The normalized spacial score (nSPS) is 24.6. The molecular weight excluding hydrogens is 374 g/mol. The Morgan fingerprint density at radius 1 is 1.20 bits per heavy atom. The average Bonchev–Trinajstić information content (AvgIpc) is 3.31. The number of ether oxygens (including phenoxy) is 1. The highest BCUT2D eigenvalue weighted by Gasteiger charge is 2.41. The lowest BCUT2D eigenvalue weighted by molar-refractivity contribution is 0.0527. The fraction of sp³-hybridized carbons (Fsp3) is 0.440. The van der Waals surface area contributed by atoms with Crippen LogP contribution >= 0.6 is 0 Å². The number of benzene rings is 1. The number of nitrogens with zero attached hydrogens (tertiary/aromatic N) is 2. The van der Waals surface area contributed by atoms with Crippen LogP contribution in [0.5, 0.6) is 0 Å². The Kier molecular flexibility index (Phi) is 5.30. The Bertz CT molecular complexity index is 942. The molecule has 1 aromatic heterocycles. The van der Waals surface area contributed by atoms with Crippen LogP contribution in [0.3, 0.4) is 0 Å². The number of aromatic nitrogens is 1. The van der Waals surface area contributed by atoms with E-state index in [-0.39, 0.29) is 5.97 Å². The van der Waals surface area contributed by atoms with E-state index < -0.39 is 0 Å². The second-order valence-corrected chi connectivity index (χ2v) is 8.59. The molecule has 1 unspecified atom stereocenters. The van der Waals surface area contributed by atoms with Crippen molar-refractivity contribution < 1.29 is 9.53 Å². The molecule has 2 aliphatic heterocycles. The monoisotopic (exact) mass is 403 g/mol. The predicted molar refractivity (Wildman–Crippen MR) is 118 cm³/mol. The van der Waals surface area contributed by atoms with Gasteiger partial charge in [-0.05, 0) is 38.2 Å². The minimum atomic E-state index is -0.292. The van der Waals surface area contributed by atoms with Crippen LogP contribution in [0.2, 0.25) is 0 Å². The summed E-state index contributed by atoms with van der Waals surface area (Å²) in [6.45, 7) is 3.24. The van der Waals surface area contributed by atoms with E-state index >= 15 is 0 Å². The number of allylic oxidation sites excluding steroid dienone is 1. The number of hydrogen-bond acceptors (Lipinski definition) is 5. The number of fused-ring (bicyclic) bond motifs is 3. The number of pyridine rings is 1. The molecule has 3 aliphatic rings. The van der Waals surface area contributed by atoms with Crippen molar-refractivity contribution in [2.75, 3.05) is 11.9 Å². The molecule has 1 aliphatic carbocycles. The molecule has 0 saturated carbocycles. The third-order valence-corrected chi connectivity index (χ3v) is 6.73. The Morgan fingerprint density at radius 3 is 2.70 bits per heavy atom. The fourth-order valence-electron chi connectivity index (χ4n) is 5.36. The summed E-state index contributed by atoms with van der Waals surface area (Å²) in [5.41, 5.74) is 4.95. The second kappa shape index (κ2) is 8.23. The molecule has 5 rings (SSSR count). The van der Waals surface area contributed by atoms with Crippen molar-refractivity contribution >= 4 is 17.7 Å². The number of carbonyl (C=O) groups is 1. The third-order valence-electron chi connectivity index (χ3n) is 6.73. The minimum absolute atomic E-state index is 0.292. The van der Waals surface area contributed by atoms with Crippen LogP contribution in [0.15, 0.2) is 42.6 Å². The first kappa shape index (κ1) is 19.3. The molecule has 5 nitrogen and oxygen atoms in total. The van der Waals surface area contributed by atoms with Gasteiger partial charge < -0.3 is 10.1 Å². The van der Waals surface area contributed by atoms with Gasteiger partial charge in [0.15, 0.2) is 0 Å². The van der Waals surface area contributed by atoms with Crippen LogP contribution in [0.1, 0.15) is 59.8 Å². The van der Waals surface area contributed by atoms with E-state index in [1.807, 2.05) is 6.92 Å². The van der Waals surface area contributed by atoms with Crippen LogP contribution in [-0.2, 0) is 17.7 Å². The third kappa shape index (κ3) is 3.63. The van der Waals surface area contributed by atoms with Gasteiger partial charge in [-0.3, -0.25) is 9.88 Å². The largest absolute Gasteiger partial charge is 0.462 e. The topological polar surface area (TPSA) is 54.5 Å². The lowest BCUT2D eigenvalue weighted by Crippen LogP contribution is -2.46. The molecule has 0 amide bonds. The van der Waals surface area contributed by atoms with Gasteiger partial charge in [0.25, 0.3) is 0 Å². The van der Waals surface area contributed by atoms with Gasteiger partial charge in [0.1, 0.15) is 5.56 Å². The zero-order valence-corrected chi connectivity index (χ0v) is 17.5. The quantitative estimate of drug-likeness (QED) is 0.723. The first-order valence-corrected chi connectivity index (χ1v) is 11.1. The van der Waals surface area contributed by atoms with Crippen molar-refractivity contribution in [3.8, 4) is 0 Å². The summed E-state index contributed by atoms with van der Waals surface area (Å²) in [6, 6.07) is 12.3. The Morgan fingerprint density at radius 2 is 1.97 bits per heavy atom. The summed E-state index contributed by atoms with van der Waals surface area (Å²) < 4.78 is 5.30. The van der Waals surface area contributed by atoms with E-state index in [1.165, 1.54) is 18.4 Å². The summed E-state index contributed by atoms with van der Waals surface area (Å²) in [5, 5.41) is 3.76. The van der Waals surface area contributed by atoms with Gasteiger partial charge in [0.2, 0.25) is 0 Å². The van der Waals surface area contributed by atoms with Crippen molar-refractivity contribution in [2.24, 2.45) is 0 Å². The molecule has 30 heavy (non-hydrogen) atoms. The molecular formula is C25H29N3O2. The van der Waals surface area contributed by atoms with Crippen LogP contribution in [-0.4, -0.2) is 40.6 Å². The number of rotatable bonds is 6. The Balaban J connectivity index is 1.35. The summed E-state index contributed by atoms with van der Waals surface area (Å²) in [7, 11) is 0. The molecule has 2 aromatic rings. The number of hydrogen-bond donors (Lipinski definition) is 1. The molecule has 0 spiro atoms. The van der Waals surface area contributed by atoms with Crippen LogP contribution < -0.4 is 5.32 Å². The zero-order valence-electron chi connectivity index (χ0n) is 17.5. The number of esters is 1. The van der Waals surface area contributed by atoms with Crippen LogP contribution in [0, 0.1) is 0 Å². The number of nitrogens with one attached hydrogen (secondary N) is 1. The average molecular weight is 404 g/mol. The van der Waals surface area contributed by atoms with E-state index in [1.54, 1.807) is 6.20 Å². The maximum Gasteiger partial charge on any atom is 0.341 e. The Hall–Kier alpha value is -2.66. The summed E-state index contributed by atoms with van der Waals surface area (Å²) in [6.07, 6.45) is 11.4. The molecule has 2 bridgehead atoms. The predicted octanol–water partition coefficient (Wildman–Crippen LogP) is 4.44. The summed E-state index contributed by atoms with van der Waals surface area (Å²) >= 11 is 0. The maximum atomic E-state index is 12.6. The van der Waals surface area contributed by atoms with Gasteiger partial charge in [0, 0.05) is 42.9 Å². The second-order valence-electron chi connectivity index (χ2n) is 8.59. The highest BCUT2D eigenvalue weighted by molar-refractivity contribution is 5.98. The van der Waals surface area contributed by atoms with Crippen molar-refractivity contribution in [1.82, 2.24) is 9.88 Å². The molecule has 1 N–H and O–H groups in total. The highest BCUT2D eigenvalue weighted by Crippen LogP contribution is 2.39. The number of carbonyl (C=O) groups excluding carboxylic acids is 1. The van der Waals surface area contributed by atoms with Crippen molar-refractivity contribution in [2.45, 2.75) is 63.7 Å². The van der Waals surface area contributed by atoms with E-state index in [4.69, 9.17) is 4.74 Å². The molecule has 0 radical (unpaired) electrons. The Labute approximate surface area is 178 Å². The molecule has 3 atom stereocenters. The molecule has 2 saturated heterocycles. The fourth-order valence-corrected chi connectivity index (χ4v) is 5.36. The number of anilines is 1. The summed E-state index contributed by atoms with van der Waals surface area (Å²) in [5.74, 6) is -0.292. The standard InChI is InChI=1S/C25H29N3O2/c1-2-30-25(29)22-15-26-23-10-6-9-21(23)24(22)27-18-13-19-11-12-20(14-18)28(19)16-17-7-4-3-5-8-17/h3-9,15,18-20H,2,10-14,16H2,1H3,(H,26,27)/t18?,19-,20+. The van der Waals surface area contributed by atoms with E-state index in [0.717, 1.165) is 42.8 Å². The van der Waals surface area contributed by atoms with Crippen LogP contribution in [0.4, 0.5) is 5.69 Å². The SMILES string of the molecule is CCOC(=O)c1cnc2c(c1NC1C[C@H]3CC[C@@H](C1)N3Cc1ccccc1)C=CC2.